The van der Waals surface area contributed by atoms with Crippen molar-refractivity contribution in [1.82, 2.24) is 0 Å². The number of hydrogen-bond acceptors (Lipinski definition) is 2. The lowest BCUT2D eigenvalue weighted by atomic mass is 10.0. The lowest BCUT2D eigenvalue weighted by Gasteiger charge is -2.14. The molecular formula is C13H11Cl3N2. The van der Waals surface area contributed by atoms with E-state index in [4.69, 9.17) is 46.3 Å². The van der Waals surface area contributed by atoms with Gasteiger partial charge in [-0.25, -0.2) is 0 Å². The Morgan fingerprint density at radius 3 is 1.50 bits per heavy atom. The van der Waals surface area contributed by atoms with E-state index in [1.807, 2.05) is 0 Å². The van der Waals surface area contributed by atoms with Crippen molar-refractivity contribution >= 4 is 46.2 Å². The zero-order valence-electron chi connectivity index (χ0n) is 9.33. The van der Waals surface area contributed by atoms with E-state index in [1.54, 1.807) is 36.4 Å². The molecule has 0 spiro atoms. The average molecular weight is 302 g/mol. The number of rotatable bonds is 2. The second kappa shape index (κ2) is 5.27. The highest BCUT2D eigenvalue weighted by Gasteiger charge is 2.17. The third-order valence-electron chi connectivity index (χ3n) is 2.60. The molecule has 0 aliphatic heterocycles. The topological polar surface area (TPSA) is 52.0 Å². The molecule has 18 heavy (non-hydrogen) atoms. The number of alkyl halides is 1. The SMILES string of the molecule is Nc1ccc(C(Cl)c2ccc(N)cc2Cl)c(Cl)c1. The lowest BCUT2D eigenvalue weighted by molar-refractivity contribution is 1.14. The van der Waals surface area contributed by atoms with E-state index in [-0.39, 0.29) is 0 Å². The summed E-state index contributed by atoms with van der Waals surface area (Å²) in [6, 6.07) is 10.4. The van der Waals surface area contributed by atoms with Gasteiger partial charge < -0.3 is 11.5 Å². The predicted octanol–water partition coefficient (Wildman–Crippen LogP) is 4.49. The largest absolute Gasteiger partial charge is 0.399 e. The molecule has 2 aromatic carbocycles. The molecular weight excluding hydrogens is 291 g/mol. The van der Waals surface area contributed by atoms with E-state index in [0.29, 0.717) is 21.4 Å². The third kappa shape index (κ3) is 2.66. The first-order chi connectivity index (χ1) is 8.49. The van der Waals surface area contributed by atoms with Crippen molar-refractivity contribution in [1.29, 1.82) is 0 Å². The maximum Gasteiger partial charge on any atom is 0.0864 e. The van der Waals surface area contributed by atoms with Gasteiger partial charge in [0, 0.05) is 21.4 Å². The van der Waals surface area contributed by atoms with Gasteiger partial charge in [0.2, 0.25) is 0 Å². The van der Waals surface area contributed by atoms with Gasteiger partial charge in [-0.05, 0) is 35.4 Å². The molecule has 0 heterocycles. The van der Waals surface area contributed by atoms with Crippen LogP contribution in [0.1, 0.15) is 16.5 Å². The molecule has 5 heteroatoms. The van der Waals surface area contributed by atoms with E-state index >= 15 is 0 Å². The highest BCUT2D eigenvalue weighted by Crippen LogP contribution is 2.38. The van der Waals surface area contributed by atoms with Crippen LogP contribution in [0.4, 0.5) is 11.4 Å². The molecule has 2 aromatic rings. The molecule has 0 saturated heterocycles. The summed E-state index contributed by atoms with van der Waals surface area (Å²) in [6.45, 7) is 0. The summed E-state index contributed by atoms with van der Waals surface area (Å²) in [5.41, 5.74) is 14.0. The van der Waals surface area contributed by atoms with Crippen molar-refractivity contribution in [2.75, 3.05) is 11.5 Å². The summed E-state index contributed by atoms with van der Waals surface area (Å²) in [4.78, 5) is 0. The number of anilines is 2. The van der Waals surface area contributed by atoms with E-state index in [2.05, 4.69) is 0 Å². The molecule has 0 fully saturated rings. The van der Waals surface area contributed by atoms with Crippen LogP contribution in [0.5, 0.6) is 0 Å². The number of halogens is 3. The Bertz CT molecular complexity index is 533. The quantitative estimate of drug-likeness (QED) is 0.634. The van der Waals surface area contributed by atoms with Gasteiger partial charge in [-0.1, -0.05) is 35.3 Å². The van der Waals surface area contributed by atoms with Crippen molar-refractivity contribution in [2.45, 2.75) is 5.38 Å². The molecule has 0 radical (unpaired) electrons. The van der Waals surface area contributed by atoms with Gasteiger partial charge in [0.15, 0.2) is 0 Å². The average Bonchev–Trinajstić information content (AvgIpc) is 2.28. The Kier molecular flexibility index (Phi) is 3.91. The van der Waals surface area contributed by atoms with Crippen LogP contribution in [0.15, 0.2) is 36.4 Å². The Hall–Kier alpha value is -1.09. The van der Waals surface area contributed by atoms with Crippen molar-refractivity contribution in [3.63, 3.8) is 0 Å². The lowest BCUT2D eigenvalue weighted by Crippen LogP contribution is -1.97. The molecule has 0 aliphatic rings. The number of hydrogen-bond donors (Lipinski definition) is 2. The predicted molar refractivity (Wildman–Crippen MR) is 79.4 cm³/mol. The van der Waals surface area contributed by atoms with Crippen LogP contribution in [0.3, 0.4) is 0 Å². The molecule has 0 amide bonds. The number of nitrogens with two attached hydrogens (primary N) is 2. The third-order valence-corrected chi connectivity index (χ3v) is 3.72. The fourth-order valence-electron chi connectivity index (χ4n) is 1.67. The van der Waals surface area contributed by atoms with E-state index in [0.717, 1.165) is 11.1 Å². The van der Waals surface area contributed by atoms with Gasteiger partial charge in [-0.2, -0.15) is 0 Å². The second-order valence-electron chi connectivity index (χ2n) is 3.92. The molecule has 2 rings (SSSR count). The maximum atomic E-state index is 6.40. The van der Waals surface area contributed by atoms with Crippen molar-refractivity contribution < 1.29 is 0 Å². The summed E-state index contributed by atoms with van der Waals surface area (Å²) >= 11 is 18.6. The number of benzene rings is 2. The summed E-state index contributed by atoms with van der Waals surface area (Å²) in [5, 5.41) is 0.594. The van der Waals surface area contributed by atoms with Crippen LogP contribution >= 0.6 is 34.8 Å². The zero-order chi connectivity index (χ0) is 13.3. The van der Waals surface area contributed by atoms with Crippen LogP contribution in [0.2, 0.25) is 10.0 Å². The van der Waals surface area contributed by atoms with Gasteiger partial charge in [0.25, 0.3) is 0 Å². The van der Waals surface area contributed by atoms with E-state index < -0.39 is 5.38 Å². The monoisotopic (exact) mass is 300 g/mol. The molecule has 0 saturated carbocycles. The molecule has 4 N–H and O–H groups in total. The summed E-state index contributed by atoms with van der Waals surface area (Å²) in [6.07, 6.45) is 0. The van der Waals surface area contributed by atoms with Crippen molar-refractivity contribution in [3.05, 3.63) is 57.6 Å². The van der Waals surface area contributed by atoms with E-state index in [9.17, 15) is 0 Å². The minimum Gasteiger partial charge on any atom is -0.399 e. The molecule has 2 nitrogen and oxygen atoms in total. The van der Waals surface area contributed by atoms with Gasteiger partial charge in [-0.3, -0.25) is 0 Å². The Balaban J connectivity index is 2.44. The smallest absolute Gasteiger partial charge is 0.0864 e. The standard InChI is InChI=1S/C13H11Cl3N2/c14-11-5-7(17)1-3-9(11)13(16)10-4-2-8(18)6-12(10)15/h1-6,13H,17-18H2. The highest BCUT2D eigenvalue weighted by atomic mass is 35.5. The summed E-state index contributed by atoms with van der Waals surface area (Å²) in [5.74, 6) is 0. The second-order valence-corrected chi connectivity index (χ2v) is 5.18. The van der Waals surface area contributed by atoms with Crippen molar-refractivity contribution in [2.24, 2.45) is 0 Å². The van der Waals surface area contributed by atoms with E-state index in [1.165, 1.54) is 0 Å². The van der Waals surface area contributed by atoms with Gasteiger partial charge >= 0.3 is 0 Å². The van der Waals surface area contributed by atoms with Gasteiger partial charge in [0.05, 0.1) is 5.38 Å². The van der Waals surface area contributed by atoms with Crippen LogP contribution in [0.25, 0.3) is 0 Å². The van der Waals surface area contributed by atoms with Crippen LogP contribution in [-0.2, 0) is 0 Å². The molecule has 0 aliphatic carbocycles. The first-order valence-corrected chi connectivity index (χ1v) is 6.42. The molecule has 0 unspecified atom stereocenters. The van der Waals surface area contributed by atoms with Crippen LogP contribution in [0, 0.1) is 0 Å². The molecule has 0 aromatic heterocycles. The Labute approximate surface area is 120 Å². The van der Waals surface area contributed by atoms with Crippen LogP contribution in [-0.4, -0.2) is 0 Å². The molecule has 0 bridgehead atoms. The first kappa shape index (κ1) is 13.3. The fourth-order valence-corrected chi connectivity index (χ4v) is 2.75. The van der Waals surface area contributed by atoms with Gasteiger partial charge in [-0.15, -0.1) is 11.6 Å². The Morgan fingerprint density at radius 1 is 0.778 bits per heavy atom. The first-order valence-electron chi connectivity index (χ1n) is 5.23. The van der Waals surface area contributed by atoms with Gasteiger partial charge in [0.1, 0.15) is 0 Å². The zero-order valence-corrected chi connectivity index (χ0v) is 11.6. The molecule has 0 atom stereocenters. The fraction of sp³-hybridized carbons (Fsp3) is 0.0769. The maximum absolute atomic E-state index is 6.40. The highest BCUT2D eigenvalue weighted by molar-refractivity contribution is 6.35. The molecule has 94 valence electrons. The van der Waals surface area contributed by atoms with Crippen LogP contribution < -0.4 is 11.5 Å². The summed E-state index contributed by atoms with van der Waals surface area (Å²) in [7, 11) is 0. The minimum atomic E-state index is -0.439. The van der Waals surface area contributed by atoms with Crippen molar-refractivity contribution in [3.8, 4) is 0 Å². The Morgan fingerprint density at radius 2 is 1.17 bits per heavy atom. The summed E-state index contributed by atoms with van der Waals surface area (Å²) < 4.78 is 0. The minimum absolute atomic E-state index is 0.439. The number of nitrogen functional groups attached to an aromatic ring is 2. The normalized spacial score (nSPS) is 10.9.